The van der Waals surface area contributed by atoms with Crippen molar-refractivity contribution in [3.8, 4) is 0 Å². The highest BCUT2D eigenvalue weighted by Crippen LogP contribution is 2.22. The molecular formula is C14H18N2O2S. The minimum absolute atomic E-state index is 0.110. The van der Waals surface area contributed by atoms with Crippen molar-refractivity contribution in [3.05, 3.63) is 29.3 Å². The number of fused-ring (bicyclic) bond motifs is 1. The van der Waals surface area contributed by atoms with E-state index < -0.39 is 0 Å². The minimum Gasteiger partial charge on any atom is -0.396 e. The molecule has 0 radical (unpaired) electrons. The number of nitrogens with zero attached hydrogens (tertiary/aromatic N) is 1. The van der Waals surface area contributed by atoms with Gasteiger partial charge < -0.3 is 10.4 Å². The van der Waals surface area contributed by atoms with Crippen molar-refractivity contribution in [2.24, 2.45) is 5.41 Å². The summed E-state index contributed by atoms with van der Waals surface area (Å²) in [4.78, 5) is 16.4. The second-order valence-electron chi connectivity index (χ2n) is 5.31. The van der Waals surface area contributed by atoms with E-state index >= 15 is 0 Å². The van der Waals surface area contributed by atoms with Crippen molar-refractivity contribution < 1.29 is 9.90 Å². The second-order valence-corrected chi connectivity index (χ2v) is 6.34. The Kier molecular flexibility index (Phi) is 4.17. The van der Waals surface area contributed by atoms with Crippen LogP contribution in [0, 0.1) is 5.41 Å². The molecule has 19 heavy (non-hydrogen) atoms. The molecule has 0 saturated carbocycles. The Balaban J connectivity index is 2.04. The van der Waals surface area contributed by atoms with Gasteiger partial charge in [-0.3, -0.25) is 4.79 Å². The van der Waals surface area contributed by atoms with Gasteiger partial charge in [-0.1, -0.05) is 26.0 Å². The summed E-state index contributed by atoms with van der Waals surface area (Å²) in [6.45, 7) is 4.69. The Morgan fingerprint density at radius 2 is 2.16 bits per heavy atom. The number of hydrogen-bond donors (Lipinski definition) is 2. The average molecular weight is 278 g/mol. The zero-order valence-corrected chi connectivity index (χ0v) is 12.0. The number of aliphatic hydroxyl groups is 1. The molecule has 0 aliphatic carbocycles. The van der Waals surface area contributed by atoms with Crippen molar-refractivity contribution in [2.75, 3.05) is 13.2 Å². The Morgan fingerprint density at radius 3 is 2.84 bits per heavy atom. The number of para-hydroxylation sites is 1. The van der Waals surface area contributed by atoms with E-state index in [0.717, 1.165) is 10.2 Å². The number of aromatic nitrogens is 1. The van der Waals surface area contributed by atoms with Crippen LogP contribution in [0.1, 0.15) is 30.1 Å². The number of hydrogen-bond acceptors (Lipinski definition) is 4. The average Bonchev–Trinajstić information content (AvgIpc) is 2.79. The smallest absolute Gasteiger partial charge is 0.280 e. The number of nitrogens with one attached hydrogen (secondary N) is 1. The van der Waals surface area contributed by atoms with Gasteiger partial charge in [-0.05, 0) is 24.0 Å². The second kappa shape index (κ2) is 5.67. The topological polar surface area (TPSA) is 62.2 Å². The van der Waals surface area contributed by atoms with Crippen LogP contribution in [-0.2, 0) is 0 Å². The van der Waals surface area contributed by atoms with Gasteiger partial charge in [-0.15, -0.1) is 11.3 Å². The lowest BCUT2D eigenvalue weighted by molar-refractivity contribution is 0.0928. The number of carbonyl (C=O) groups excluding carboxylic acids is 1. The van der Waals surface area contributed by atoms with Crippen LogP contribution in [0.5, 0.6) is 0 Å². The van der Waals surface area contributed by atoms with E-state index in [1.54, 1.807) is 0 Å². The quantitative estimate of drug-likeness (QED) is 0.883. The van der Waals surface area contributed by atoms with Gasteiger partial charge in [-0.2, -0.15) is 0 Å². The molecule has 0 aliphatic rings. The van der Waals surface area contributed by atoms with Gasteiger partial charge in [0.25, 0.3) is 5.91 Å². The molecule has 4 nitrogen and oxygen atoms in total. The minimum atomic E-state index is -0.146. The lowest BCUT2D eigenvalue weighted by atomic mass is 9.90. The number of amides is 1. The van der Waals surface area contributed by atoms with Crippen molar-refractivity contribution in [3.63, 3.8) is 0 Å². The molecule has 1 amide bonds. The maximum atomic E-state index is 12.0. The highest BCUT2D eigenvalue weighted by molar-refractivity contribution is 7.20. The molecule has 1 heterocycles. The third-order valence-corrected chi connectivity index (χ3v) is 4.04. The number of carbonyl (C=O) groups is 1. The lowest BCUT2D eigenvalue weighted by Crippen LogP contribution is -2.34. The number of thiazole rings is 1. The number of rotatable bonds is 5. The molecule has 102 valence electrons. The summed E-state index contributed by atoms with van der Waals surface area (Å²) < 4.78 is 1.02. The van der Waals surface area contributed by atoms with E-state index in [0.29, 0.717) is 18.0 Å². The molecule has 1 aromatic carbocycles. The zero-order chi connectivity index (χ0) is 13.9. The van der Waals surface area contributed by atoms with E-state index in [2.05, 4.69) is 10.3 Å². The molecule has 2 aromatic rings. The van der Waals surface area contributed by atoms with Crippen LogP contribution in [0.3, 0.4) is 0 Å². The molecule has 0 saturated heterocycles. The first-order chi connectivity index (χ1) is 9.02. The summed E-state index contributed by atoms with van der Waals surface area (Å²) in [5.41, 5.74) is 0.744. The first kappa shape index (κ1) is 14.0. The SMILES string of the molecule is CC(C)(CCO)CNC(=O)c1nc2ccccc2s1. The molecule has 0 fully saturated rings. The molecule has 5 heteroatoms. The molecule has 0 atom stereocenters. The number of benzene rings is 1. The van der Waals surface area contributed by atoms with Gasteiger partial charge in [0.1, 0.15) is 0 Å². The van der Waals surface area contributed by atoms with Gasteiger partial charge in [0.15, 0.2) is 5.01 Å². The van der Waals surface area contributed by atoms with E-state index in [1.165, 1.54) is 11.3 Å². The standard InChI is InChI=1S/C14H18N2O2S/c1-14(2,7-8-17)9-15-12(18)13-16-10-5-3-4-6-11(10)19-13/h3-6,17H,7-9H2,1-2H3,(H,15,18). The van der Waals surface area contributed by atoms with E-state index in [-0.39, 0.29) is 17.9 Å². The summed E-state index contributed by atoms with van der Waals surface area (Å²) in [6, 6.07) is 7.71. The normalized spacial score (nSPS) is 11.7. The van der Waals surface area contributed by atoms with Crippen molar-refractivity contribution in [1.82, 2.24) is 10.3 Å². The van der Waals surface area contributed by atoms with Gasteiger partial charge in [0.2, 0.25) is 0 Å². The Morgan fingerprint density at radius 1 is 1.42 bits per heavy atom. The Bertz CT molecular complexity index is 545. The molecule has 1 aromatic heterocycles. The summed E-state index contributed by atoms with van der Waals surface area (Å²) in [6.07, 6.45) is 0.660. The largest absolute Gasteiger partial charge is 0.396 e. The fourth-order valence-electron chi connectivity index (χ4n) is 1.76. The Hall–Kier alpha value is -1.46. The van der Waals surface area contributed by atoms with Crippen molar-refractivity contribution in [1.29, 1.82) is 0 Å². The first-order valence-corrected chi connectivity index (χ1v) is 7.08. The van der Waals surface area contributed by atoms with E-state index in [1.807, 2.05) is 38.1 Å². The van der Waals surface area contributed by atoms with Crippen LogP contribution in [0.15, 0.2) is 24.3 Å². The molecule has 0 spiro atoms. The van der Waals surface area contributed by atoms with E-state index in [9.17, 15) is 4.79 Å². The van der Waals surface area contributed by atoms with Gasteiger partial charge >= 0.3 is 0 Å². The summed E-state index contributed by atoms with van der Waals surface area (Å²) in [7, 11) is 0. The van der Waals surface area contributed by atoms with Crippen molar-refractivity contribution >= 4 is 27.5 Å². The molecule has 0 bridgehead atoms. The first-order valence-electron chi connectivity index (χ1n) is 6.26. The van der Waals surface area contributed by atoms with Crippen LogP contribution in [0.25, 0.3) is 10.2 Å². The maximum absolute atomic E-state index is 12.0. The molecular weight excluding hydrogens is 260 g/mol. The fourth-order valence-corrected chi connectivity index (χ4v) is 2.64. The Labute approximate surface area is 116 Å². The molecule has 2 rings (SSSR count). The van der Waals surface area contributed by atoms with Crippen molar-refractivity contribution in [2.45, 2.75) is 20.3 Å². The third kappa shape index (κ3) is 3.52. The van der Waals surface area contributed by atoms with Gasteiger partial charge in [0.05, 0.1) is 10.2 Å². The highest BCUT2D eigenvalue weighted by atomic mass is 32.1. The van der Waals surface area contributed by atoms with Crippen LogP contribution in [0.4, 0.5) is 0 Å². The maximum Gasteiger partial charge on any atom is 0.280 e. The van der Waals surface area contributed by atoms with E-state index in [4.69, 9.17) is 5.11 Å². The van der Waals surface area contributed by atoms with Crippen LogP contribution in [-0.4, -0.2) is 29.1 Å². The predicted molar refractivity (Wildman–Crippen MR) is 77.4 cm³/mol. The molecule has 0 aliphatic heterocycles. The lowest BCUT2D eigenvalue weighted by Gasteiger charge is -2.23. The number of aliphatic hydroxyl groups excluding tert-OH is 1. The molecule has 2 N–H and O–H groups in total. The highest BCUT2D eigenvalue weighted by Gasteiger charge is 2.19. The van der Waals surface area contributed by atoms with Gasteiger partial charge in [0, 0.05) is 13.2 Å². The van der Waals surface area contributed by atoms with Crippen LogP contribution < -0.4 is 5.32 Å². The summed E-state index contributed by atoms with van der Waals surface area (Å²) in [5, 5.41) is 12.3. The zero-order valence-electron chi connectivity index (χ0n) is 11.1. The van der Waals surface area contributed by atoms with Gasteiger partial charge in [-0.25, -0.2) is 4.98 Å². The fraction of sp³-hybridized carbons (Fsp3) is 0.429. The predicted octanol–water partition coefficient (Wildman–Crippen LogP) is 2.43. The summed E-state index contributed by atoms with van der Waals surface area (Å²) >= 11 is 1.40. The monoisotopic (exact) mass is 278 g/mol. The molecule has 0 unspecified atom stereocenters. The van der Waals surface area contributed by atoms with Crippen LogP contribution in [0.2, 0.25) is 0 Å². The summed E-state index contributed by atoms with van der Waals surface area (Å²) in [5.74, 6) is -0.146. The van der Waals surface area contributed by atoms with Crippen LogP contribution >= 0.6 is 11.3 Å². The third-order valence-electron chi connectivity index (χ3n) is 3.00.